The minimum absolute atomic E-state index is 0.147. The number of nitrogens with two attached hydrogens (primary N) is 1. The van der Waals surface area contributed by atoms with Crippen LogP contribution in [0.4, 0.5) is 20.2 Å². The van der Waals surface area contributed by atoms with E-state index in [0.29, 0.717) is 5.69 Å². The number of carbonyl (C=O) groups excluding carboxylic acids is 2. The number of anilines is 2. The summed E-state index contributed by atoms with van der Waals surface area (Å²) in [6.07, 6.45) is 0. The fraction of sp³-hybridized carbons (Fsp3) is 0.364. The van der Waals surface area contributed by atoms with Gasteiger partial charge in [-0.2, -0.15) is 0 Å². The fourth-order valence-electron chi connectivity index (χ4n) is 3.78. The molecule has 0 aliphatic carbocycles. The van der Waals surface area contributed by atoms with Crippen LogP contribution < -0.4 is 16.0 Å². The molecule has 1 heterocycles. The third kappa shape index (κ3) is 3.51. The monoisotopic (exact) mass is 401 g/mol. The third-order valence-corrected chi connectivity index (χ3v) is 5.50. The van der Waals surface area contributed by atoms with Crippen molar-refractivity contribution in [2.75, 3.05) is 10.2 Å². The minimum Gasteiger partial charge on any atom is -0.320 e. The quantitative estimate of drug-likeness (QED) is 0.822. The van der Waals surface area contributed by atoms with Crippen LogP contribution in [0, 0.1) is 17.6 Å². The molecule has 2 unspecified atom stereocenters. The molecule has 5 nitrogen and oxygen atoms in total. The smallest absolute Gasteiger partial charge is 0.248 e. The van der Waals surface area contributed by atoms with E-state index in [2.05, 4.69) is 5.32 Å². The molecule has 3 N–H and O–H groups in total. The van der Waals surface area contributed by atoms with Crippen LogP contribution in [0.1, 0.15) is 33.3 Å². The second kappa shape index (κ2) is 7.55. The van der Waals surface area contributed by atoms with Crippen molar-refractivity contribution in [1.82, 2.24) is 0 Å². The van der Waals surface area contributed by atoms with Crippen LogP contribution in [0.15, 0.2) is 42.5 Å². The summed E-state index contributed by atoms with van der Waals surface area (Å²) in [4.78, 5) is 27.8. The minimum atomic E-state index is -1.02. The summed E-state index contributed by atoms with van der Waals surface area (Å²) < 4.78 is 28.2. The molecule has 0 bridgehead atoms. The summed E-state index contributed by atoms with van der Waals surface area (Å²) in [6.45, 7) is 7.28. The van der Waals surface area contributed by atoms with Crippen molar-refractivity contribution in [3.63, 3.8) is 0 Å². The van der Waals surface area contributed by atoms with Crippen molar-refractivity contribution in [3.8, 4) is 0 Å². The Morgan fingerprint density at radius 2 is 1.66 bits per heavy atom. The normalized spacial score (nSPS) is 18.5. The molecule has 154 valence electrons. The second-order valence-electron chi connectivity index (χ2n) is 8.21. The molecule has 3 rings (SSSR count). The van der Waals surface area contributed by atoms with Gasteiger partial charge in [0, 0.05) is 11.1 Å². The summed E-state index contributed by atoms with van der Waals surface area (Å²) in [6, 6.07) is 8.68. The molecule has 1 aliphatic heterocycles. The highest BCUT2D eigenvalue weighted by Gasteiger charge is 2.51. The molecule has 0 aromatic heterocycles. The van der Waals surface area contributed by atoms with E-state index in [-0.39, 0.29) is 5.92 Å². The van der Waals surface area contributed by atoms with Crippen LogP contribution in [0.2, 0.25) is 0 Å². The van der Waals surface area contributed by atoms with E-state index in [4.69, 9.17) is 5.73 Å². The average Bonchev–Trinajstić information content (AvgIpc) is 2.91. The van der Waals surface area contributed by atoms with E-state index in [9.17, 15) is 18.4 Å². The molecule has 1 aliphatic rings. The molecule has 2 amide bonds. The highest BCUT2D eigenvalue weighted by molar-refractivity contribution is 6.10. The summed E-state index contributed by atoms with van der Waals surface area (Å²) in [5, 5.41) is 2.34. The SMILES string of the molecule is CC(C)C(N)C(=O)N1c2ccccc2C(C)(C)C1C(=O)Nc1c(F)cccc1F. The van der Waals surface area contributed by atoms with Crippen LogP contribution in [0.5, 0.6) is 0 Å². The average molecular weight is 401 g/mol. The maximum absolute atomic E-state index is 14.1. The summed E-state index contributed by atoms with van der Waals surface area (Å²) in [7, 11) is 0. The summed E-state index contributed by atoms with van der Waals surface area (Å²) >= 11 is 0. The Kier molecular flexibility index (Phi) is 5.45. The number of halogens is 2. The van der Waals surface area contributed by atoms with Gasteiger partial charge in [0.15, 0.2) is 0 Å². The van der Waals surface area contributed by atoms with E-state index >= 15 is 0 Å². The molecular weight excluding hydrogens is 376 g/mol. The standard InChI is InChI=1S/C22H25F2N3O2/c1-12(2)17(25)21(29)27-16-11-6-5-8-13(16)22(3,4)19(27)20(28)26-18-14(23)9-7-10-15(18)24/h5-12,17,19H,25H2,1-4H3,(H,26,28). The number of hydrogen-bond donors (Lipinski definition) is 2. The summed E-state index contributed by atoms with van der Waals surface area (Å²) in [5.41, 5.74) is 6.14. The van der Waals surface area contributed by atoms with E-state index in [1.807, 2.05) is 39.8 Å². The van der Waals surface area contributed by atoms with Crippen molar-refractivity contribution in [2.24, 2.45) is 11.7 Å². The predicted octanol–water partition coefficient (Wildman–Crippen LogP) is 3.58. The highest BCUT2D eigenvalue weighted by atomic mass is 19.1. The number of hydrogen-bond acceptors (Lipinski definition) is 3. The van der Waals surface area contributed by atoms with E-state index in [1.165, 1.54) is 11.0 Å². The van der Waals surface area contributed by atoms with Crippen molar-refractivity contribution in [2.45, 2.75) is 45.2 Å². The van der Waals surface area contributed by atoms with Crippen LogP contribution in [0.3, 0.4) is 0 Å². The van der Waals surface area contributed by atoms with Gasteiger partial charge in [-0.3, -0.25) is 14.5 Å². The van der Waals surface area contributed by atoms with Gasteiger partial charge in [0.1, 0.15) is 23.4 Å². The van der Waals surface area contributed by atoms with Crippen molar-refractivity contribution in [1.29, 1.82) is 0 Å². The lowest BCUT2D eigenvalue weighted by molar-refractivity contribution is -0.125. The zero-order valence-corrected chi connectivity index (χ0v) is 16.9. The summed E-state index contributed by atoms with van der Waals surface area (Å²) in [5.74, 6) is -3.01. The van der Waals surface area contributed by atoms with E-state index in [1.54, 1.807) is 12.1 Å². The Morgan fingerprint density at radius 3 is 2.24 bits per heavy atom. The Labute approximate surface area is 168 Å². The number of fused-ring (bicyclic) bond motifs is 1. The number of amides is 2. The zero-order valence-electron chi connectivity index (χ0n) is 16.9. The molecule has 2 atom stereocenters. The first-order valence-electron chi connectivity index (χ1n) is 9.50. The first kappa shape index (κ1) is 20.9. The predicted molar refractivity (Wildman–Crippen MR) is 109 cm³/mol. The molecule has 0 fully saturated rings. The number of carbonyl (C=O) groups is 2. The van der Waals surface area contributed by atoms with Gasteiger partial charge in [0.25, 0.3) is 0 Å². The van der Waals surface area contributed by atoms with Crippen molar-refractivity contribution in [3.05, 3.63) is 59.7 Å². The Balaban J connectivity index is 2.07. The molecule has 2 aromatic rings. The zero-order chi connectivity index (χ0) is 21.5. The first-order chi connectivity index (χ1) is 13.6. The first-order valence-corrected chi connectivity index (χ1v) is 9.50. The van der Waals surface area contributed by atoms with Crippen LogP contribution >= 0.6 is 0 Å². The molecule has 7 heteroatoms. The van der Waals surface area contributed by atoms with Gasteiger partial charge in [0.05, 0.1) is 6.04 Å². The van der Waals surface area contributed by atoms with Crippen molar-refractivity contribution >= 4 is 23.2 Å². The van der Waals surface area contributed by atoms with E-state index < -0.39 is 46.6 Å². The second-order valence-corrected chi connectivity index (χ2v) is 8.21. The van der Waals surface area contributed by atoms with Crippen molar-refractivity contribution < 1.29 is 18.4 Å². The van der Waals surface area contributed by atoms with Gasteiger partial charge >= 0.3 is 0 Å². The lowest BCUT2D eigenvalue weighted by Gasteiger charge is -2.34. The molecule has 29 heavy (non-hydrogen) atoms. The Bertz CT molecular complexity index is 939. The lowest BCUT2D eigenvalue weighted by atomic mass is 9.80. The van der Waals surface area contributed by atoms with Crippen LogP contribution in [-0.2, 0) is 15.0 Å². The number of nitrogens with zero attached hydrogens (tertiary/aromatic N) is 1. The molecule has 0 saturated carbocycles. The van der Waals surface area contributed by atoms with Crippen LogP contribution in [-0.4, -0.2) is 23.9 Å². The van der Waals surface area contributed by atoms with Gasteiger partial charge in [-0.05, 0) is 29.7 Å². The number of rotatable bonds is 4. The number of benzene rings is 2. The highest BCUT2D eigenvalue weighted by Crippen LogP contribution is 2.46. The molecular formula is C22H25F2N3O2. The topological polar surface area (TPSA) is 75.4 Å². The maximum atomic E-state index is 14.1. The van der Waals surface area contributed by atoms with Gasteiger partial charge in [-0.25, -0.2) is 8.78 Å². The number of nitrogens with one attached hydrogen (secondary N) is 1. The number of para-hydroxylation sites is 2. The largest absolute Gasteiger partial charge is 0.320 e. The molecule has 0 spiro atoms. The van der Waals surface area contributed by atoms with Gasteiger partial charge in [-0.1, -0.05) is 52.0 Å². The lowest BCUT2D eigenvalue weighted by Crippen LogP contribution is -2.57. The van der Waals surface area contributed by atoms with Crippen LogP contribution in [0.25, 0.3) is 0 Å². The Morgan fingerprint density at radius 1 is 1.07 bits per heavy atom. The van der Waals surface area contributed by atoms with Gasteiger partial charge in [-0.15, -0.1) is 0 Å². The molecule has 2 aromatic carbocycles. The molecule has 0 saturated heterocycles. The Hall–Kier alpha value is -2.80. The van der Waals surface area contributed by atoms with Gasteiger partial charge in [0.2, 0.25) is 11.8 Å². The van der Waals surface area contributed by atoms with E-state index in [0.717, 1.165) is 17.7 Å². The maximum Gasteiger partial charge on any atom is 0.248 e. The molecule has 0 radical (unpaired) electrons. The third-order valence-electron chi connectivity index (χ3n) is 5.50. The fourth-order valence-corrected chi connectivity index (χ4v) is 3.78. The van der Waals surface area contributed by atoms with Gasteiger partial charge < -0.3 is 11.1 Å².